The minimum atomic E-state index is -0.941. The minimum absolute atomic E-state index is 0.0831. The third-order valence-corrected chi connectivity index (χ3v) is 5.75. The maximum absolute atomic E-state index is 12.6. The molecule has 1 saturated carbocycles. The monoisotopic (exact) mass is 296 g/mol. The molecule has 0 aromatic rings. The van der Waals surface area contributed by atoms with E-state index in [4.69, 9.17) is 0 Å². The van der Waals surface area contributed by atoms with Gasteiger partial charge in [0.25, 0.3) is 0 Å². The van der Waals surface area contributed by atoms with Gasteiger partial charge >= 0.3 is 0 Å². The van der Waals surface area contributed by atoms with Crippen LogP contribution in [0.5, 0.6) is 0 Å². The lowest BCUT2D eigenvalue weighted by molar-refractivity contribution is -0.128. The smallest absolute Gasteiger partial charge is 0.228 e. The van der Waals surface area contributed by atoms with Crippen molar-refractivity contribution in [2.75, 3.05) is 13.2 Å². The van der Waals surface area contributed by atoms with Gasteiger partial charge in [-0.15, -0.1) is 0 Å². The molecule has 0 aromatic heterocycles. The summed E-state index contributed by atoms with van der Waals surface area (Å²) in [4.78, 5) is 24.2. The zero-order valence-corrected chi connectivity index (χ0v) is 12.5. The molecule has 4 unspecified atom stereocenters. The molecule has 2 aliphatic heterocycles. The molecule has 0 bridgehead atoms. The summed E-state index contributed by atoms with van der Waals surface area (Å²) in [5, 5.41) is 6.28. The van der Waals surface area contributed by atoms with Crippen LogP contribution >= 0.6 is 0 Å². The van der Waals surface area contributed by atoms with Crippen molar-refractivity contribution in [3.63, 3.8) is 0 Å². The Morgan fingerprint density at radius 1 is 1.19 bits per heavy atom. The molecular formula is C16H25FN2O2. The lowest BCUT2D eigenvalue weighted by Crippen LogP contribution is -2.37. The molecule has 1 spiro atoms. The van der Waals surface area contributed by atoms with Crippen molar-refractivity contribution in [3.05, 3.63) is 0 Å². The second kappa shape index (κ2) is 6.03. The highest BCUT2D eigenvalue weighted by atomic mass is 19.1. The maximum Gasteiger partial charge on any atom is 0.228 e. The summed E-state index contributed by atoms with van der Waals surface area (Å²) in [5.41, 5.74) is -0.482. The number of hydrogen-bond donors (Lipinski definition) is 2. The number of ketones is 1. The van der Waals surface area contributed by atoms with Crippen LogP contribution in [0.1, 0.15) is 51.4 Å². The molecule has 2 heterocycles. The second-order valence-corrected chi connectivity index (χ2v) is 6.93. The van der Waals surface area contributed by atoms with Gasteiger partial charge in [0, 0.05) is 12.6 Å². The number of alkyl halides is 1. The minimum Gasteiger partial charge on any atom is -0.353 e. The van der Waals surface area contributed by atoms with Crippen LogP contribution in [0.15, 0.2) is 0 Å². The lowest BCUT2D eigenvalue weighted by atomic mass is 9.70. The zero-order chi connectivity index (χ0) is 14.9. The topological polar surface area (TPSA) is 58.2 Å². The van der Waals surface area contributed by atoms with Gasteiger partial charge in [-0.1, -0.05) is 32.1 Å². The largest absolute Gasteiger partial charge is 0.353 e. The number of rotatable bonds is 2. The van der Waals surface area contributed by atoms with Crippen molar-refractivity contribution in [1.29, 1.82) is 0 Å². The highest BCUT2D eigenvalue weighted by Gasteiger charge is 2.58. The Balaban J connectivity index is 1.80. The molecule has 5 heteroatoms. The van der Waals surface area contributed by atoms with Gasteiger partial charge in [-0.05, 0) is 25.2 Å². The first-order valence-electron chi connectivity index (χ1n) is 8.30. The Hall–Kier alpha value is -0.970. The molecule has 3 aliphatic rings. The summed E-state index contributed by atoms with van der Waals surface area (Å²) in [6.45, 7) is -0.417. The van der Waals surface area contributed by atoms with Gasteiger partial charge < -0.3 is 10.6 Å². The normalized spacial score (nSPS) is 40.2. The third-order valence-electron chi connectivity index (χ3n) is 5.75. The average Bonchev–Trinajstić information content (AvgIpc) is 3.05. The summed E-state index contributed by atoms with van der Waals surface area (Å²) in [6, 6.07) is -0.233. The molecule has 3 fully saturated rings. The number of amides is 1. The van der Waals surface area contributed by atoms with Gasteiger partial charge in [0.1, 0.15) is 6.67 Å². The van der Waals surface area contributed by atoms with Crippen LogP contribution < -0.4 is 10.6 Å². The van der Waals surface area contributed by atoms with Crippen LogP contribution in [0.3, 0.4) is 0 Å². The molecule has 1 aliphatic carbocycles. The third kappa shape index (κ3) is 2.60. The number of fused-ring (bicyclic) bond motifs is 2. The van der Waals surface area contributed by atoms with Crippen LogP contribution in [0.4, 0.5) is 4.39 Å². The summed E-state index contributed by atoms with van der Waals surface area (Å²) in [7, 11) is 0. The van der Waals surface area contributed by atoms with Crippen molar-refractivity contribution in [3.8, 4) is 0 Å². The van der Waals surface area contributed by atoms with Gasteiger partial charge in [0.2, 0.25) is 5.91 Å². The summed E-state index contributed by atoms with van der Waals surface area (Å²) >= 11 is 0. The Morgan fingerprint density at radius 2 is 1.90 bits per heavy atom. The number of hydrogen-bond acceptors (Lipinski definition) is 3. The van der Waals surface area contributed by atoms with Gasteiger partial charge in [-0.2, -0.15) is 0 Å². The van der Waals surface area contributed by atoms with Crippen LogP contribution in [0.2, 0.25) is 0 Å². The van der Waals surface area contributed by atoms with Gasteiger partial charge in [0.15, 0.2) is 5.78 Å². The SMILES string of the molecule is O=C(CF)C1CC2(CN1)C(=O)NC1CCCCCCCC12. The zero-order valence-electron chi connectivity index (χ0n) is 12.5. The fraction of sp³-hybridized carbons (Fsp3) is 0.875. The Bertz CT molecular complexity index is 429. The van der Waals surface area contributed by atoms with Gasteiger partial charge in [0.05, 0.1) is 11.5 Å². The predicted molar refractivity (Wildman–Crippen MR) is 77.6 cm³/mol. The lowest BCUT2D eigenvalue weighted by Gasteiger charge is -2.30. The predicted octanol–water partition coefficient (Wildman–Crippen LogP) is 1.73. The van der Waals surface area contributed by atoms with Crippen molar-refractivity contribution < 1.29 is 14.0 Å². The molecule has 0 aromatic carbocycles. The quantitative estimate of drug-likeness (QED) is 0.816. The molecule has 21 heavy (non-hydrogen) atoms. The molecule has 0 radical (unpaired) electrons. The van der Waals surface area contributed by atoms with E-state index < -0.39 is 23.9 Å². The van der Waals surface area contributed by atoms with E-state index in [0.717, 1.165) is 25.7 Å². The van der Waals surface area contributed by atoms with Gasteiger partial charge in [-0.3, -0.25) is 9.59 Å². The van der Waals surface area contributed by atoms with E-state index in [1.54, 1.807) is 0 Å². The molecule has 4 nitrogen and oxygen atoms in total. The summed E-state index contributed by atoms with van der Waals surface area (Å²) in [6.07, 6.45) is 8.63. The molecule has 4 atom stereocenters. The van der Waals surface area contributed by atoms with Crippen LogP contribution in [-0.4, -0.2) is 37.0 Å². The van der Waals surface area contributed by atoms with E-state index >= 15 is 0 Å². The highest BCUT2D eigenvalue weighted by Crippen LogP contribution is 2.47. The Kier molecular flexibility index (Phi) is 4.29. The Labute approximate surface area is 125 Å². The van der Waals surface area contributed by atoms with E-state index in [2.05, 4.69) is 10.6 Å². The van der Waals surface area contributed by atoms with Crippen molar-refractivity contribution in [2.45, 2.75) is 63.5 Å². The average molecular weight is 296 g/mol. The van der Waals surface area contributed by atoms with Crippen LogP contribution in [0, 0.1) is 11.3 Å². The number of Topliss-reactive ketones (excluding diaryl/α,β-unsaturated/α-hetero) is 1. The molecule has 3 rings (SSSR count). The van der Waals surface area contributed by atoms with E-state index in [9.17, 15) is 14.0 Å². The molecule has 1 amide bonds. The van der Waals surface area contributed by atoms with Crippen LogP contribution in [0.25, 0.3) is 0 Å². The van der Waals surface area contributed by atoms with Crippen molar-refractivity contribution in [2.24, 2.45) is 11.3 Å². The van der Waals surface area contributed by atoms with Crippen molar-refractivity contribution in [1.82, 2.24) is 10.6 Å². The van der Waals surface area contributed by atoms with Crippen molar-refractivity contribution >= 4 is 11.7 Å². The first kappa shape index (κ1) is 14.9. The second-order valence-electron chi connectivity index (χ2n) is 6.93. The molecule has 118 valence electrons. The van der Waals surface area contributed by atoms with E-state index in [1.165, 1.54) is 19.3 Å². The molecule has 2 N–H and O–H groups in total. The van der Waals surface area contributed by atoms with E-state index in [1.807, 2.05) is 0 Å². The molecular weight excluding hydrogens is 271 g/mol. The molecule has 2 saturated heterocycles. The first-order chi connectivity index (χ1) is 10.2. The Morgan fingerprint density at radius 3 is 2.67 bits per heavy atom. The summed E-state index contributed by atoms with van der Waals surface area (Å²) < 4.78 is 12.6. The number of nitrogens with one attached hydrogen (secondary N) is 2. The van der Waals surface area contributed by atoms with Crippen LogP contribution in [-0.2, 0) is 9.59 Å². The number of carbonyl (C=O) groups excluding carboxylic acids is 2. The van der Waals surface area contributed by atoms with E-state index in [0.29, 0.717) is 18.9 Å². The van der Waals surface area contributed by atoms with E-state index in [-0.39, 0.29) is 11.9 Å². The first-order valence-corrected chi connectivity index (χ1v) is 8.30. The summed E-state index contributed by atoms with van der Waals surface area (Å²) in [5.74, 6) is -0.0288. The highest BCUT2D eigenvalue weighted by molar-refractivity contribution is 5.91. The number of halogens is 1. The fourth-order valence-corrected chi connectivity index (χ4v) is 4.57. The van der Waals surface area contributed by atoms with Gasteiger partial charge in [-0.25, -0.2) is 4.39 Å². The standard InChI is InChI=1S/C16H25FN2O2/c17-9-14(20)13-8-16(10-18-13)11-6-4-2-1-3-5-7-12(11)19-15(16)21/h11-13,18H,1-10H2,(H,19,21). The maximum atomic E-state index is 12.6. The number of carbonyl (C=O) groups is 2. The fourth-order valence-electron chi connectivity index (χ4n) is 4.57.